The smallest absolute Gasteiger partial charge is 0.0561 e. The van der Waals surface area contributed by atoms with E-state index in [1.54, 1.807) is 0 Å². The van der Waals surface area contributed by atoms with Gasteiger partial charge in [-0.1, -0.05) is 133 Å². The standard InChI is InChI=1S/C46H30N2/c1-2-14-34(15-3-1)48-45-19-9-8-17-41(45)43-26-24-36(30-46(43)48)47(35-23-21-31-11-4-5-13-33(31)29-35)44-20-10-18-38-40-25-22-32-12-6-7-16-37(32)39(40)27-28-42(38)44/h1-30H. The Bertz CT molecular complexity index is 2840. The van der Waals surface area contributed by atoms with Crippen LogP contribution in [0.15, 0.2) is 182 Å². The van der Waals surface area contributed by atoms with Gasteiger partial charge in [0.2, 0.25) is 0 Å². The van der Waals surface area contributed by atoms with Gasteiger partial charge in [-0.2, -0.15) is 0 Å². The zero-order valence-corrected chi connectivity index (χ0v) is 26.2. The molecule has 48 heavy (non-hydrogen) atoms. The molecule has 0 amide bonds. The fraction of sp³-hybridized carbons (Fsp3) is 0. The molecule has 2 heteroatoms. The van der Waals surface area contributed by atoms with Gasteiger partial charge in [0.15, 0.2) is 0 Å². The topological polar surface area (TPSA) is 8.17 Å². The average molecular weight is 611 g/mol. The van der Waals surface area contributed by atoms with Gasteiger partial charge in [0.1, 0.15) is 0 Å². The zero-order valence-electron chi connectivity index (χ0n) is 26.2. The molecule has 0 spiro atoms. The van der Waals surface area contributed by atoms with Gasteiger partial charge in [0.05, 0.1) is 16.7 Å². The second-order valence-corrected chi connectivity index (χ2v) is 12.6. The van der Waals surface area contributed by atoms with E-state index in [1.807, 2.05) is 0 Å². The third-order valence-corrected chi connectivity index (χ3v) is 9.92. The molecule has 9 aromatic carbocycles. The third-order valence-electron chi connectivity index (χ3n) is 9.92. The Morgan fingerprint density at radius 1 is 0.312 bits per heavy atom. The lowest BCUT2D eigenvalue weighted by molar-refractivity contribution is 1.18. The number of hydrogen-bond donors (Lipinski definition) is 0. The van der Waals surface area contributed by atoms with Gasteiger partial charge in [0.25, 0.3) is 0 Å². The first-order chi connectivity index (χ1) is 23.8. The van der Waals surface area contributed by atoms with Gasteiger partial charge >= 0.3 is 0 Å². The van der Waals surface area contributed by atoms with Crippen molar-refractivity contribution in [3.8, 4) is 5.69 Å². The normalized spacial score (nSPS) is 11.8. The van der Waals surface area contributed by atoms with Gasteiger partial charge in [-0.25, -0.2) is 0 Å². The zero-order chi connectivity index (χ0) is 31.6. The quantitative estimate of drug-likeness (QED) is 0.180. The van der Waals surface area contributed by atoms with E-state index in [4.69, 9.17) is 0 Å². The lowest BCUT2D eigenvalue weighted by Crippen LogP contribution is -2.10. The average Bonchev–Trinajstić information content (AvgIpc) is 3.49. The van der Waals surface area contributed by atoms with Crippen LogP contribution in [0.2, 0.25) is 0 Å². The number of nitrogens with zero attached hydrogens (tertiary/aromatic N) is 2. The monoisotopic (exact) mass is 610 g/mol. The summed E-state index contributed by atoms with van der Waals surface area (Å²) in [5.74, 6) is 0. The van der Waals surface area contributed by atoms with E-state index < -0.39 is 0 Å². The fourth-order valence-corrected chi connectivity index (χ4v) is 7.73. The number of fused-ring (bicyclic) bond motifs is 9. The van der Waals surface area contributed by atoms with E-state index in [0.717, 1.165) is 22.7 Å². The highest BCUT2D eigenvalue weighted by molar-refractivity contribution is 6.20. The van der Waals surface area contributed by atoms with Crippen LogP contribution in [0.5, 0.6) is 0 Å². The van der Waals surface area contributed by atoms with E-state index in [0.29, 0.717) is 0 Å². The van der Waals surface area contributed by atoms with Crippen LogP contribution < -0.4 is 4.90 Å². The Labute approximate surface area is 278 Å². The predicted molar refractivity (Wildman–Crippen MR) is 205 cm³/mol. The second-order valence-electron chi connectivity index (χ2n) is 12.6. The van der Waals surface area contributed by atoms with Gasteiger partial charge in [0, 0.05) is 33.2 Å². The molecular formula is C46H30N2. The molecule has 0 radical (unpaired) electrons. The number of para-hydroxylation sites is 2. The molecule has 2 nitrogen and oxygen atoms in total. The van der Waals surface area contributed by atoms with Crippen molar-refractivity contribution in [1.29, 1.82) is 0 Å². The molecule has 0 bridgehead atoms. The molecule has 0 saturated carbocycles. The molecule has 0 aliphatic rings. The molecule has 0 unspecified atom stereocenters. The van der Waals surface area contributed by atoms with Crippen LogP contribution in [0.25, 0.3) is 70.6 Å². The van der Waals surface area contributed by atoms with Crippen LogP contribution in [0.3, 0.4) is 0 Å². The first-order valence-corrected chi connectivity index (χ1v) is 16.5. The summed E-state index contributed by atoms with van der Waals surface area (Å²) in [7, 11) is 0. The largest absolute Gasteiger partial charge is 0.310 e. The van der Waals surface area contributed by atoms with Gasteiger partial charge in [-0.15, -0.1) is 0 Å². The van der Waals surface area contributed by atoms with Crippen molar-refractivity contribution >= 4 is 82.0 Å². The Morgan fingerprint density at radius 3 is 1.77 bits per heavy atom. The van der Waals surface area contributed by atoms with Crippen LogP contribution in [-0.2, 0) is 0 Å². The third kappa shape index (κ3) is 4.06. The number of hydrogen-bond acceptors (Lipinski definition) is 1. The van der Waals surface area contributed by atoms with Crippen LogP contribution in [-0.4, -0.2) is 4.57 Å². The molecule has 0 atom stereocenters. The Morgan fingerprint density at radius 2 is 0.875 bits per heavy atom. The minimum absolute atomic E-state index is 1.11. The van der Waals surface area contributed by atoms with Crippen LogP contribution in [0.4, 0.5) is 17.1 Å². The highest BCUT2D eigenvalue weighted by Crippen LogP contribution is 2.44. The molecule has 0 aliphatic heterocycles. The summed E-state index contributed by atoms with van der Waals surface area (Å²) in [6, 6.07) is 66.4. The highest BCUT2D eigenvalue weighted by Gasteiger charge is 2.20. The number of rotatable bonds is 4. The molecule has 1 aromatic heterocycles. The van der Waals surface area contributed by atoms with E-state index in [-0.39, 0.29) is 0 Å². The van der Waals surface area contributed by atoms with Gasteiger partial charge < -0.3 is 9.47 Å². The van der Waals surface area contributed by atoms with Gasteiger partial charge in [-0.05, 0) is 86.2 Å². The Kier molecular flexibility index (Phi) is 5.91. The van der Waals surface area contributed by atoms with Crippen molar-refractivity contribution < 1.29 is 0 Å². The fourth-order valence-electron chi connectivity index (χ4n) is 7.73. The Hall–Kier alpha value is -6.38. The maximum Gasteiger partial charge on any atom is 0.0561 e. The molecule has 10 rings (SSSR count). The van der Waals surface area contributed by atoms with Crippen LogP contribution in [0, 0.1) is 0 Å². The molecule has 1 heterocycles. The molecular weight excluding hydrogens is 581 g/mol. The molecule has 0 N–H and O–H groups in total. The minimum Gasteiger partial charge on any atom is -0.310 e. The summed E-state index contributed by atoms with van der Waals surface area (Å²) in [6.45, 7) is 0. The summed E-state index contributed by atoms with van der Waals surface area (Å²) in [5.41, 5.74) is 6.94. The van der Waals surface area contributed by atoms with E-state index in [9.17, 15) is 0 Å². The first-order valence-electron chi connectivity index (χ1n) is 16.5. The van der Waals surface area contributed by atoms with Crippen molar-refractivity contribution in [2.45, 2.75) is 0 Å². The van der Waals surface area contributed by atoms with Crippen molar-refractivity contribution in [1.82, 2.24) is 4.57 Å². The maximum absolute atomic E-state index is 2.44. The molecule has 224 valence electrons. The lowest BCUT2D eigenvalue weighted by Gasteiger charge is -2.28. The Balaban J connectivity index is 1.27. The molecule has 0 aliphatic carbocycles. The van der Waals surface area contributed by atoms with Crippen molar-refractivity contribution in [2.24, 2.45) is 0 Å². The van der Waals surface area contributed by atoms with Crippen LogP contribution in [0.1, 0.15) is 0 Å². The number of aromatic nitrogens is 1. The molecule has 0 fully saturated rings. The van der Waals surface area contributed by atoms with E-state index in [2.05, 4.69) is 191 Å². The predicted octanol–water partition coefficient (Wildman–Crippen LogP) is 12.9. The van der Waals surface area contributed by atoms with Crippen molar-refractivity contribution in [2.75, 3.05) is 4.90 Å². The number of anilines is 3. The summed E-state index contributed by atoms with van der Waals surface area (Å²) >= 11 is 0. The van der Waals surface area contributed by atoms with Crippen LogP contribution >= 0.6 is 0 Å². The first kappa shape index (κ1) is 26.8. The second kappa shape index (κ2) is 10.6. The summed E-state index contributed by atoms with van der Waals surface area (Å²) in [5, 5.41) is 12.5. The van der Waals surface area contributed by atoms with E-state index >= 15 is 0 Å². The summed E-state index contributed by atoms with van der Waals surface area (Å²) in [6.07, 6.45) is 0. The SMILES string of the molecule is c1ccc(-n2c3ccccc3c3ccc(N(c4ccc5ccccc5c4)c4cccc5c4ccc4c6ccccc6ccc54)cc32)cc1. The van der Waals surface area contributed by atoms with Crippen molar-refractivity contribution in [3.63, 3.8) is 0 Å². The lowest BCUT2D eigenvalue weighted by atomic mass is 9.96. The molecule has 0 saturated heterocycles. The van der Waals surface area contributed by atoms with Crippen molar-refractivity contribution in [3.05, 3.63) is 182 Å². The summed E-state index contributed by atoms with van der Waals surface area (Å²) < 4.78 is 2.40. The maximum atomic E-state index is 2.44. The summed E-state index contributed by atoms with van der Waals surface area (Å²) in [4.78, 5) is 2.44. The van der Waals surface area contributed by atoms with Gasteiger partial charge in [-0.3, -0.25) is 0 Å². The molecule has 10 aromatic rings. The number of benzene rings is 9. The minimum atomic E-state index is 1.11. The van der Waals surface area contributed by atoms with E-state index in [1.165, 1.54) is 64.9 Å². The highest BCUT2D eigenvalue weighted by atomic mass is 15.1.